The van der Waals surface area contributed by atoms with Crippen molar-refractivity contribution in [3.63, 3.8) is 0 Å². The van der Waals surface area contributed by atoms with Crippen LogP contribution in [0.5, 0.6) is 5.75 Å². The van der Waals surface area contributed by atoms with Gasteiger partial charge in [0, 0.05) is 31.7 Å². The lowest BCUT2D eigenvalue weighted by Crippen LogP contribution is -2.56. The average Bonchev–Trinajstić information content (AvgIpc) is 2.74. The normalized spacial score (nSPS) is 19.8. The van der Waals surface area contributed by atoms with E-state index in [-0.39, 0.29) is 6.61 Å². The van der Waals surface area contributed by atoms with Gasteiger partial charge < -0.3 is 9.64 Å². The molecule has 0 aliphatic carbocycles. The lowest BCUT2D eigenvalue weighted by molar-refractivity contribution is -0.109. The zero-order valence-electron chi connectivity index (χ0n) is 17.8. The molecule has 6 heteroatoms. The van der Waals surface area contributed by atoms with E-state index in [0.29, 0.717) is 12.1 Å². The highest BCUT2D eigenvalue weighted by atomic mass is 16.5. The van der Waals surface area contributed by atoms with Crippen LogP contribution in [0.1, 0.15) is 25.0 Å². The first kappa shape index (κ1) is 20.3. The van der Waals surface area contributed by atoms with Crippen LogP contribution in [0.2, 0.25) is 0 Å². The van der Waals surface area contributed by atoms with Crippen molar-refractivity contribution in [2.75, 3.05) is 24.6 Å². The van der Waals surface area contributed by atoms with Crippen LogP contribution in [0.25, 0.3) is 11.0 Å². The van der Waals surface area contributed by atoms with E-state index >= 15 is 0 Å². The standard InChI is InChI=1S/C24H28N4O2/c1-17-10-20(12-21(11-17)30-9-8-29)16-28-18(2)14-27(15-19(28)3)24-13-25-22-6-4-5-7-23(22)26-24/h4-8,10-13,18-19H,9,14-16H2,1-3H3/t18-,19+. The number of nitrogens with zero attached hydrogens (tertiary/aromatic N) is 4. The van der Waals surface area contributed by atoms with E-state index in [4.69, 9.17) is 9.72 Å². The van der Waals surface area contributed by atoms with Gasteiger partial charge in [0.1, 0.15) is 18.2 Å². The number of ether oxygens (including phenoxy) is 1. The van der Waals surface area contributed by atoms with Crippen molar-refractivity contribution in [2.45, 2.75) is 39.4 Å². The van der Waals surface area contributed by atoms with Crippen molar-refractivity contribution >= 4 is 23.1 Å². The van der Waals surface area contributed by atoms with Crippen molar-refractivity contribution in [2.24, 2.45) is 0 Å². The van der Waals surface area contributed by atoms with E-state index in [1.807, 2.05) is 42.6 Å². The number of aromatic nitrogens is 2. The minimum Gasteiger partial charge on any atom is -0.486 e. The maximum atomic E-state index is 10.6. The van der Waals surface area contributed by atoms with Crippen LogP contribution in [0, 0.1) is 6.92 Å². The Morgan fingerprint density at radius 3 is 2.57 bits per heavy atom. The predicted octanol–water partition coefficient (Wildman–Crippen LogP) is 3.62. The van der Waals surface area contributed by atoms with Gasteiger partial charge in [0.2, 0.25) is 0 Å². The molecule has 3 aromatic rings. The lowest BCUT2D eigenvalue weighted by Gasteiger charge is -2.45. The molecule has 0 radical (unpaired) electrons. The summed E-state index contributed by atoms with van der Waals surface area (Å²) in [5.41, 5.74) is 4.20. The summed E-state index contributed by atoms with van der Waals surface area (Å²) in [6.45, 7) is 9.31. The van der Waals surface area contributed by atoms with Gasteiger partial charge >= 0.3 is 0 Å². The molecule has 0 saturated carbocycles. The predicted molar refractivity (Wildman–Crippen MR) is 119 cm³/mol. The van der Waals surface area contributed by atoms with Crippen LogP contribution in [-0.4, -0.2) is 52.9 Å². The molecule has 4 rings (SSSR count). The molecule has 1 aromatic heterocycles. The van der Waals surface area contributed by atoms with Gasteiger partial charge in [-0.1, -0.05) is 18.2 Å². The molecule has 1 saturated heterocycles. The number of fused-ring (bicyclic) bond motifs is 1. The lowest BCUT2D eigenvalue weighted by atomic mass is 10.0. The van der Waals surface area contributed by atoms with Crippen LogP contribution < -0.4 is 9.64 Å². The molecule has 2 heterocycles. The van der Waals surface area contributed by atoms with E-state index in [9.17, 15) is 4.79 Å². The summed E-state index contributed by atoms with van der Waals surface area (Å²) in [7, 11) is 0. The first-order valence-electron chi connectivity index (χ1n) is 10.4. The maximum Gasteiger partial charge on any atom is 0.157 e. The Labute approximate surface area is 177 Å². The van der Waals surface area contributed by atoms with Crippen LogP contribution in [-0.2, 0) is 11.3 Å². The molecule has 1 aliphatic rings. The van der Waals surface area contributed by atoms with E-state index in [2.05, 4.69) is 41.6 Å². The maximum absolute atomic E-state index is 10.6. The van der Waals surface area contributed by atoms with Crippen LogP contribution >= 0.6 is 0 Å². The molecule has 2 aromatic carbocycles. The number of aldehydes is 1. The second-order valence-corrected chi connectivity index (χ2v) is 8.12. The van der Waals surface area contributed by atoms with Crippen molar-refractivity contribution in [1.82, 2.24) is 14.9 Å². The molecule has 0 amide bonds. The molecule has 0 spiro atoms. The summed E-state index contributed by atoms with van der Waals surface area (Å²) in [5, 5.41) is 0. The third-order valence-corrected chi connectivity index (χ3v) is 5.66. The average molecular weight is 405 g/mol. The Bertz CT molecular complexity index is 1030. The number of hydrogen-bond donors (Lipinski definition) is 0. The Morgan fingerprint density at radius 2 is 1.83 bits per heavy atom. The Hall–Kier alpha value is -2.99. The minimum atomic E-state index is 0.0845. The van der Waals surface area contributed by atoms with E-state index in [1.165, 1.54) is 5.56 Å². The summed E-state index contributed by atoms with van der Waals surface area (Å²) in [6, 6.07) is 14.9. The molecule has 1 fully saturated rings. The molecule has 2 atom stereocenters. The van der Waals surface area contributed by atoms with Crippen molar-refractivity contribution in [3.05, 3.63) is 59.8 Å². The first-order chi connectivity index (χ1) is 14.5. The number of piperazine rings is 1. The zero-order chi connectivity index (χ0) is 21.1. The SMILES string of the molecule is Cc1cc(CN2[C@H](C)CN(c3cnc4ccccc4n3)C[C@@H]2C)cc(OCC=O)c1. The molecule has 0 unspecified atom stereocenters. The Morgan fingerprint density at radius 1 is 1.10 bits per heavy atom. The topological polar surface area (TPSA) is 58.6 Å². The van der Waals surface area contributed by atoms with Crippen molar-refractivity contribution < 1.29 is 9.53 Å². The number of benzene rings is 2. The second kappa shape index (κ2) is 8.79. The van der Waals surface area contributed by atoms with Gasteiger partial charge in [0.25, 0.3) is 0 Å². The molecule has 156 valence electrons. The number of carbonyl (C=O) groups excluding carboxylic acids is 1. The van der Waals surface area contributed by atoms with Crippen LogP contribution in [0.15, 0.2) is 48.7 Å². The fourth-order valence-electron chi connectivity index (χ4n) is 4.30. The van der Waals surface area contributed by atoms with E-state index in [0.717, 1.165) is 54.1 Å². The molecule has 0 N–H and O–H groups in total. The van der Waals surface area contributed by atoms with Crippen molar-refractivity contribution in [3.8, 4) is 5.75 Å². The largest absolute Gasteiger partial charge is 0.486 e. The van der Waals surface area contributed by atoms with Gasteiger partial charge in [-0.15, -0.1) is 0 Å². The van der Waals surface area contributed by atoms with Gasteiger partial charge in [-0.25, -0.2) is 4.98 Å². The number of anilines is 1. The van der Waals surface area contributed by atoms with Gasteiger partial charge in [-0.2, -0.15) is 0 Å². The second-order valence-electron chi connectivity index (χ2n) is 8.12. The van der Waals surface area contributed by atoms with Crippen molar-refractivity contribution in [1.29, 1.82) is 0 Å². The minimum absolute atomic E-state index is 0.0845. The number of carbonyl (C=O) groups is 1. The zero-order valence-corrected chi connectivity index (χ0v) is 17.8. The number of rotatable bonds is 6. The number of aryl methyl sites for hydroxylation is 1. The summed E-state index contributed by atoms with van der Waals surface area (Å²) >= 11 is 0. The fourth-order valence-corrected chi connectivity index (χ4v) is 4.30. The Kier molecular flexibility index (Phi) is 5.95. The van der Waals surface area contributed by atoms with Crippen LogP contribution in [0.3, 0.4) is 0 Å². The summed E-state index contributed by atoms with van der Waals surface area (Å²) < 4.78 is 5.52. The smallest absolute Gasteiger partial charge is 0.157 e. The fraction of sp³-hybridized carbons (Fsp3) is 0.375. The van der Waals surface area contributed by atoms with E-state index in [1.54, 1.807) is 0 Å². The van der Waals surface area contributed by atoms with Gasteiger partial charge in [-0.3, -0.25) is 14.7 Å². The third-order valence-electron chi connectivity index (χ3n) is 5.66. The Balaban J connectivity index is 1.48. The monoisotopic (exact) mass is 404 g/mol. The van der Waals surface area contributed by atoms with Gasteiger partial charge in [0.05, 0.1) is 17.2 Å². The molecule has 1 aliphatic heterocycles. The molecular weight excluding hydrogens is 376 g/mol. The number of para-hydroxylation sites is 2. The quantitative estimate of drug-likeness (QED) is 0.585. The number of hydrogen-bond acceptors (Lipinski definition) is 6. The summed E-state index contributed by atoms with van der Waals surface area (Å²) in [4.78, 5) is 24.9. The van der Waals surface area contributed by atoms with Gasteiger partial charge in [-0.05, 0) is 56.2 Å². The summed E-state index contributed by atoms with van der Waals surface area (Å²) in [5.74, 6) is 1.69. The molecule has 0 bridgehead atoms. The van der Waals surface area contributed by atoms with Gasteiger partial charge in [0.15, 0.2) is 6.29 Å². The highest BCUT2D eigenvalue weighted by Gasteiger charge is 2.30. The summed E-state index contributed by atoms with van der Waals surface area (Å²) in [6.07, 6.45) is 2.66. The molecule has 6 nitrogen and oxygen atoms in total. The third kappa shape index (κ3) is 4.44. The van der Waals surface area contributed by atoms with Crippen LogP contribution in [0.4, 0.5) is 5.82 Å². The highest BCUT2D eigenvalue weighted by molar-refractivity contribution is 5.75. The molecular formula is C24H28N4O2. The highest BCUT2D eigenvalue weighted by Crippen LogP contribution is 2.25. The van der Waals surface area contributed by atoms with E-state index < -0.39 is 0 Å². The first-order valence-corrected chi connectivity index (χ1v) is 10.4. The molecule has 30 heavy (non-hydrogen) atoms.